The van der Waals surface area contributed by atoms with E-state index in [4.69, 9.17) is 16.3 Å². The first-order chi connectivity index (χ1) is 14.5. The highest BCUT2D eigenvalue weighted by atomic mass is 35.5. The summed E-state index contributed by atoms with van der Waals surface area (Å²) in [6, 6.07) is 12.6. The monoisotopic (exact) mass is 448 g/mol. The number of nitrogens with zero attached hydrogens (tertiary/aromatic N) is 2. The zero-order chi connectivity index (χ0) is 21.1. The van der Waals surface area contributed by atoms with Gasteiger partial charge in [-0.25, -0.2) is 4.39 Å². The molecule has 2 heterocycles. The summed E-state index contributed by atoms with van der Waals surface area (Å²) in [6.07, 6.45) is 1.41. The third-order valence-electron chi connectivity index (χ3n) is 5.59. The normalized spacial score (nSPS) is 17.9. The maximum Gasteiger partial charge on any atom is 0.260 e. The molecule has 2 aliphatic heterocycles. The van der Waals surface area contributed by atoms with Gasteiger partial charge in [0, 0.05) is 36.0 Å². The zero-order valence-electron chi connectivity index (χ0n) is 16.4. The quantitative estimate of drug-likeness (QED) is 0.707. The standard InChI is InChI=1S/C22H22ClFN2O3S/c23-17-3-7-19(8-4-17)29-15-20(27)25-11-9-22(10-12-25)26(13-14-30-22)21(28)16-1-5-18(24)6-2-16/h1-8H,9-15H2. The molecule has 8 heteroatoms. The van der Waals surface area contributed by atoms with Crippen molar-refractivity contribution in [3.63, 3.8) is 0 Å². The number of piperidine rings is 1. The Labute approximate surface area is 184 Å². The first kappa shape index (κ1) is 21.0. The minimum atomic E-state index is -0.357. The molecule has 5 nitrogen and oxygen atoms in total. The molecular weight excluding hydrogens is 427 g/mol. The van der Waals surface area contributed by atoms with E-state index in [9.17, 15) is 14.0 Å². The van der Waals surface area contributed by atoms with Crippen LogP contribution in [0.25, 0.3) is 0 Å². The fourth-order valence-corrected chi connectivity index (χ4v) is 5.51. The van der Waals surface area contributed by atoms with Crippen molar-refractivity contribution in [1.29, 1.82) is 0 Å². The fourth-order valence-electron chi connectivity index (χ4n) is 3.93. The second-order valence-electron chi connectivity index (χ2n) is 7.38. The Morgan fingerprint density at radius 3 is 2.37 bits per heavy atom. The third-order valence-corrected chi connectivity index (χ3v) is 7.39. The van der Waals surface area contributed by atoms with Gasteiger partial charge in [0.25, 0.3) is 11.8 Å². The largest absolute Gasteiger partial charge is 0.484 e. The highest BCUT2D eigenvalue weighted by molar-refractivity contribution is 8.00. The highest BCUT2D eigenvalue weighted by Crippen LogP contribution is 2.44. The molecule has 0 N–H and O–H groups in total. The van der Waals surface area contributed by atoms with E-state index in [1.54, 1.807) is 40.9 Å². The van der Waals surface area contributed by atoms with Crippen LogP contribution in [-0.4, -0.2) is 58.5 Å². The van der Waals surface area contributed by atoms with Crippen LogP contribution >= 0.6 is 23.4 Å². The van der Waals surface area contributed by atoms with E-state index < -0.39 is 0 Å². The lowest BCUT2D eigenvalue weighted by atomic mass is 10.0. The van der Waals surface area contributed by atoms with Gasteiger partial charge >= 0.3 is 0 Å². The number of likely N-dealkylation sites (tertiary alicyclic amines) is 1. The summed E-state index contributed by atoms with van der Waals surface area (Å²) in [5.74, 6) is 0.957. The lowest BCUT2D eigenvalue weighted by molar-refractivity contribution is -0.135. The number of carbonyl (C=O) groups is 2. The first-order valence-electron chi connectivity index (χ1n) is 9.84. The molecule has 0 aliphatic carbocycles. The molecule has 2 saturated heterocycles. The average molecular weight is 449 g/mol. The van der Waals surface area contributed by atoms with E-state index in [0.717, 1.165) is 5.75 Å². The van der Waals surface area contributed by atoms with Crippen molar-refractivity contribution in [3.05, 3.63) is 64.9 Å². The van der Waals surface area contributed by atoms with E-state index in [1.165, 1.54) is 24.3 Å². The minimum Gasteiger partial charge on any atom is -0.484 e. The van der Waals surface area contributed by atoms with E-state index >= 15 is 0 Å². The number of hydrogen-bond donors (Lipinski definition) is 0. The molecule has 2 aromatic rings. The Hall–Kier alpha value is -2.25. The molecule has 158 valence electrons. The molecule has 0 unspecified atom stereocenters. The molecule has 0 radical (unpaired) electrons. The fraction of sp³-hybridized carbons (Fsp3) is 0.364. The van der Waals surface area contributed by atoms with Crippen LogP contribution in [0.1, 0.15) is 23.2 Å². The van der Waals surface area contributed by atoms with Gasteiger partial charge in [-0.15, -0.1) is 11.8 Å². The van der Waals surface area contributed by atoms with Crippen molar-refractivity contribution in [2.75, 3.05) is 32.0 Å². The number of halogens is 2. The topological polar surface area (TPSA) is 49.9 Å². The van der Waals surface area contributed by atoms with Crippen molar-refractivity contribution in [2.24, 2.45) is 0 Å². The molecule has 0 bridgehead atoms. The predicted molar refractivity (Wildman–Crippen MR) is 115 cm³/mol. The Bertz CT molecular complexity index is 915. The second kappa shape index (κ2) is 8.86. The number of amides is 2. The van der Waals surface area contributed by atoms with E-state index in [-0.39, 0.29) is 29.1 Å². The zero-order valence-corrected chi connectivity index (χ0v) is 17.9. The maximum absolute atomic E-state index is 13.2. The molecule has 1 spiro atoms. The Morgan fingerprint density at radius 1 is 1.03 bits per heavy atom. The van der Waals surface area contributed by atoms with Crippen LogP contribution in [0, 0.1) is 5.82 Å². The van der Waals surface area contributed by atoms with E-state index in [1.807, 2.05) is 4.90 Å². The van der Waals surface area contributed by atoms with Crippen LogP contribution in [0.5, 0.6) is 5.75 Å². The van der Waals surface area contributed by atoms with Gasteiger partial charge in [0.2, 0.25) is 0 Å². The molecule has 30 heavy (non-hydrogen) atoms. The van der Waals surface area contributed by atoms with Gasteiger partial charge in [-0.3, -0.25) is 9.59 Å². The number of thioether (sulfide) groups is 1. The van der Waals surface area contributed by atoms with Gasteiger partial charge in [-0.05, 0) is 61.4 Å². The van der Waals surface area contributed by atoms with Crippen LogP contribution < -0.4 is 4.74 Å². The van der Waals surface area contributed by atoms with Crippen molar-refractivity contribution in [2.45, 2.75) is 17.7 Å². The van der Waals surface area contributed by atoms with Gasteiger partial charge in [0.15, 0.2) is 6.61 Å². The van der Waals surface area contributed by atoms with Gasteiger partial charge in [-0.2, -0.15) is 0 Å². The minimum absolute atomic E-state index is 0.0278. The number of carbonyl (C=O) groups excluding carboxylic acids is 2. The molecule has 0 atom stereocenters. The molecule has 0 aromatic heterocycles. The smallest absolute Gasteiger partial charge is 0.260 e. The molecule has 2 aliphatic rings. The molecule has 2 fully saturated rings. The van der Waals surface area contributed by atoms with Crippen LogP contribution in [0.3, 0.4) is 0 Å². The molecular formula is C22H22ClFN2O3S. The van der Waals surface area contributed by atoms with Crippen LogP contribution in [0.15, 0.2) is 48.5 Å². The average Bonchev–Trinajstić information content (AvgIpc) is 3.16. The van der Waals surface area contributed by atoms with Crippen LogP contribution in [-0.2, 0) is 4.79 Å². The van der Waals surface area contributed by atoms with E-state index in [2.05, 4.69) is 0 Å². The summed E-state index contributed by atoms with van der Waals surface area (Å²) in [7, 11) is 0. The van der Waals surface area contributed by atoms with Gasteiger partial charge in [0.1, 0.15) is 11.6 Å². The number of ether oxygens (including phenoxy) is 1. The first-order valence-corrected chi connectivity index (χ1v) is 11.2. The summed E-state index contributed by atoms with van der Waals surface area (Å²) in [6.45, 7) is 1.78. The second-order valence-corrected chi connectivity index (χ2v) is 9.28. The van der Waals surface area contributed by atoms with Gasteiger partial charge < -0.3 is 14.5 Å². The Kier molecular flexibility index (Phi) is 6.20. The number of rotatable bonds is 4. The number of hydrogen-bond acceptors (Lipinski definition) is 4. The summed E-state index contributed by atoms with van der Waals surface area (Å²) < 4.78 is 18.8. The summed E-state index contributed by atoms with van der Waals surface area (Å²) >= 11 is 7.63. The summed E-state index contributed by atoms with van der Waals surface area (Å²) in [5.41, 5.74) is 0.494. The lowest BCUT2D eigenvalue weighted by Gasteiger charge is -2.44. The summed E-state index contributed by atoms with van der Waals surface area (Å²) in [5, 5.41) is 0.615. The predicted octanol–water partition coefficient (Wildman–Crippen LogP) is 4.07. The Balaban J connectivity index is 1.35. The van der Waals surface area contributed by atoms with Gasteiger partial charge in [0.05, 0.1) is 4.87 Å². The third kappa shape index (κ3) is 4.42. The van der Waals surface area contributed by atoms with Crippen LogP contribution in [0.2, 0.25) is 5.02 Å². The van der Waals surface area contributed by atoms with Crippen molar-refractivity contribution >= 4 is 35.2 Å². The highest BCUT2D eigenvalue weighted by Gasteiger charge is 2.47. The van der Waals surface area contributed by atoms with Crippen LogP contribution in [0.4, 0.5) is 4.39 Å². The molecule has 2 amide bonds. The van der Waals surface area contributed by atoms with E-state index in [0.29, 0.717) is 48.8 Å². The number of benzene rings is 2. The van der Waals surface area contributed by atoms with Gasteiger partial charge in [-0.1, -0.05) is 11.6 Å². The van der Waals surface area contributed by atoms with Crippen molar-refractivity contribution in [1.82, 2.24) is 9.80 Å². The Morgan fingerprint density at radius 2 is 1.70 bits per heavy atom. The molecule has 0 saturated carbocycles. The van der Waals surface area contributed by atoms with Crippen molar-refractivity contribution < 1.29 is 18.7 Å². The lowest BCUT2D eigenvalue weighted by Crippen LogP contribution is -2.54. The molecule has 4 rings (SSSR count). The molecule has 2 aromatic carbocycles. The summed E-state index contributed by atoms with van der Waals surface area (Å²) in [4.78, 5) is 29.0. The SMILES string of the molecule is O=C(COc1ccc(Cl)cc1)N1CCC2(CC1)SCCN2C(=O)c1ccc(F)cc1. The van der Waals surface area contributed by atoms with Crippen molar-refractivity contribution in [3.8, 4) is 5.75 Å². The maximum atomic E-state index is 13.2.